The molecule has 1 aromatic carbocycles. The molecule has 1 heterocycles. The molecule has 88 valence electrons. The third-order valence-corrected chi connectivity index (χ3v) is 3.03. The number of nitrogens with one attached hydrogen (secondary N) is 1. The summed E-state index contributed by atoms with van der Waals surface area (Å²) in [6.07, 6.45) is 3.43. The largest absolute Gasteiger partial charge is 0.497 e. The van der Waals surface area contributed by atoms with Crippen LogP contribution >= 0.6 is 11.8 Å². The molecule has 1 N–H and O–H groups in total. The zero-order chi connectivity index (χ0) is 12.1. The predicted molar refractivity (Wildman–Crippen MR) is 68.7 cm³/mol. The SMILES string of the molecule is CNc1cncc(Sc2cccc(OC)c2)n1. The first kappa shape index (κ1) is 11.7. The van der Waals surface area contributed by atoms with E-state index in [0.29, 0.717) is 0 Å². The average molecular weight is 247 g/mol. The van der Waals surface area contributed by atoms with Crippen molar-refractivity contribution in [2.45, 2.75) is 9.92 Å². The minimum atomic E-state index is 0.762. The lowest BCUT2D eigenvalue weighted by atomic mass is 10.3. The third-order valence-electron chi connectivity index (χ3n) is 2.13. The van der Waals surface area contributed by atoms with E-state index in [2.05, 4.69) is 15.3 Å². The number of hydrogen-bond acceptors (Lipinski definition) is 5. The highest BCUT2D eigenvalue weighted by atomic mass is 32.2. The van der Waals surface area contributed by atoms with Gasteiger partial charge >= 0.3 is 0 Å². The first-order valence-electron chi connectivity index (χ1n) is 5.13. The number of anilines is 1. The summed E-state index contributed by atoms with van der Waals surface area (Å²) in [6, 6.07) is 7.86. The normalized spacial score (nSPS) is 10.0. The molecular weight excluding hydrogens is 234 g/mol. The van der Waals surface area contributed by atoms with Crippen LogP contribution in [-0.4, -0.2) is 24.1 Å². The molecule has 0 radical (unpaired) electrons. The van der Waals surface area contributed by atoms with E-state index < -0.39 is 0 Å². The van der Waals surface area contributed by atoms with Gasteiger partial charge in [0.05, 0.1) is 19.5 Å². The molecule has 0 saturated heterocycles. The molecule has 2 rings (SSSR count). The number of hydrogen-bond donors (Lipinski definition) is 1. The monoisotopic (exact) mass is 247 g/mol. The summed E-state index contributed by atoms with van der Waals surface area (Å²) in [6.45, 7) is 0. The summed E-state index contributed by atoms with van der Waals surface area (Å²) in [5, 5.41) is 3.82. The van der Waals surface area contributed by atoms with Crippen LogP contribution in [0.5, 0.6) is 5.75 Å². The summed E-state index contributed by atoms with van der Waals surface area (Å²) in [5.74, 6) is 1.60. The number of ether oxygens (including phenoxy) is 1. The number of nitrogens with zero attached hydrogens (tertiary/aromatic N) is 2. The van der Waals surface area contributed by atoms with Gasteiger partial charge in [-0.05, 0) is 18.2 Å². The molecule has 0 bridgehead atoms. The van der Waals surface area contributed by atoms with Gasteiger partial charge in [-0.3, -0.25) is 4.98 Å². The molecule has 17 heavy (non-hydrogen) atoms. The van der Waals surface area contributed by atoms with E-state index in [0.717, 1.165) is 21.5 Å². The van der Waals surface area contributed by atoms with Crippen LogP contribution in [-0.2, 0) is 0 Å². The molecule has 0 amide bonds. The van der Waals surface area contributed by atoms with Crippen molar-refractivity contribution in [3.63, 3.8) is 0 Å². The molecule has 0 unspecified atom stereocenters. The van der Waals surface area contributed by atoms with Gasteiger partial charge in [0.15, 0.2) is 0 Å². The maximum atomic E-state index is 5.18. The first-order chi connectivity index (χ1) is 8.31. The van der Waals surface area contributed by atoms with Gasteiger partial charge in [0.25, 0.3) is 0 Å². The Morgan fingerprint density at radius 3 is 2.94 bits per heavy atom. The highest BCUT2D eigenvalue weighted by Crippen LogP contribution is 2.28. The molecule has 0 atom stereocenters. The molecule has 0 aliphatic heterocycles. The Labute approximate surface area is 104 Å². The Morgan fingerprint density at radius 2 is 2.18 bits per heavy atom. The van der Waals surface area contributed by atoms with Crippen LogP contribution in [0.15, 0.2) is 46.6 Å². The first-order valence-corrected chi connectivity index (χ1v) is 5.95. The minimum absolute atomic E-state index is 0.762. The number of benzene rings is 1. The fraction of sp³-hybridized carbons (Fsp3) is 0.167. The van der Waals surface area contributed by atoms with Crippen LogP contribution in [0.2, 0.25) is 0 Å². The van der Waals surface area contributed by atoms with Crippen LogP contribution in [0, 0.1) is 0 Å². The second-order valence-electron chi connectivity index (χ2n) is 3.27. The number of methoxy groups -OCH3 is 1. The molecule has 0 aliphatic carbocycles. The van der Waals surface area contributed by atoms with E-state index in [1.165, 1.54) is 0 Å². The van der Waals surface area contributed by atoms with Crippen LogP contribution < -0.4 is 10.1 Å². The van der Waals surface area contributed by atoms with Crippen molar-refractivity contribution in [2.24, 2.45) is 0 Å². The van der Waals surface area contributed by atoms with Gasteiger partial charge in [0.1, 0.15) is 16.6 Å². The van der Waals surface area contributed by atoms with Gasteiger partial charge < -0.3 is 10.1 Å². The van der Waals surface area contributed by atoms with Crippen molar-refractivity contribution >= 4 is 17.6 Å². The Morgan fingerprint density at radius 1 is 1.29 bits per heavy atom. The lowest BCUT2D eigenvalue weighted by Crippen LogP contribution is -1.93. The van der Waals surface area contributed by atoms with Crippen molar-refractivity contribution in [1.82, 2.24) is 9.97 Å². The van der Waals surface area contributed by atoms with Crippen LogP contribution in [0.3, 0.4) is 0 Å². The highest BCUT2D eigenvalue weighted by Gasteiger charge is 2.02. The molecule has 0 saturated carbocycles. The second kappa shape index (κ2) is 5.54. The third kappa shape index (κ3) is 3.10. The fourth-order valence-electron chi connectivity index (χ4n) is 1.30. The molecule has 0 aliphatic rings. The van der Waals surface area contributed by atoms with Gasteiger partial charge in [0.2, 0.25) is 0 Å². The Balaban J connectivity index is 2.18. The summed E-state index contributed by atoms with van der Waals surface area (Å²) in [5.41, 5.74) is 0. The Bertz CT molecular complexity index is 459. The van der Waals surface area contributed by atoms with E-state index >= 15 is 0 Å². The lowest BCUT2D eigenvalue weighted by molar-refractivity contribution is 0.413. The van der Waals surface area contributed by atoms with E-state index in [1.54, 1.807) is 31.3 Å². The number of rotatable bonds is 4. The van der Waals surface area contributed by atoms with Gasteiger partial charge in [-0.25, -0.2) is 4.98 Å². The molecule has 0 spiro atoms. The van der Waals surface area contributed by atoms with Gasteiger partial charge in [0, 0.05) is 11.9 Å². The van der Waals surface area contributed by atoms with E-state index in [1.807, 2.05) is 31.3 Å². The standard InChI is InChI=1S/C12H13N3OS/c1-13-11-7-14-8-12(15-11)17-10-5-3-4-9(6-10)16-2/h3-8H,1-2H3,(H,13,15). The van der Waals surface area contributed by atoms with E-state index in [4.69, 9.17) is 4.74 Å². The molecule has 1 aromatic heterocycles. The smallest absolute Gasteiger partial charge is 0.145 e. The molecule has 5 heteroatoms. The maximum absolute atomic E-state index is 5.18. The van der Waals surface area contributed by atoms with E-state index in [9.17, 15) is 0 Å². The summed E-state index contributed by atoms with van der Waals surface area (Å²) in [7, 11) is 3.48. The zero-order valence-corrected chi connectivity index (χ0v) is 10.5. The molecular formula is C12H13N3OS. The van der Waals surface area contributed by atoms with E-state index in [-0.39, 0.29) is 0 Å². The predicted octanol–water partition coefficient (Wildman–Crippen LogP) is 2.68. The Kier molecular flexibility index (Phi) is 3.82. The number of aromatic nitrogens is 2. The summed E-state index contributed by atoms with van der Waals surface area (Å²) < 4.78 is 5.18. The van der Waals surface area contributed by atoms with Crippen molar-refractivity contribution < 1.29 is 4.74 Å². The average Bonchev–Trinajstić information content (AvgIpc) is 2.39. The van der Waals surface area contributed by atoms with Crippen molar-refractivity contribution in [3.05, 3.63) is 36.7 Å². The topological polar surface area (TPSA) is 47.0 Å². The van der Waals surface area contributed by atoms with Crippen LogP contribution in [0.1, 0.15) is 0 Å². The lowest BCUT2D eigenvalue weighted by Gasteiger charge is -2.04. The fourth-order valence-corrected chi connectivity index (χ4v) is 2.12. The summed E-state index contributed by atoms with van der Waals surface area (Å²) >= 11 is 1.55. The molecule has 0 fully saturated rings. The maximum Gasteiger partial charge on any atom is 0.145 e. The quantitative estimate of drug-likeness (QED) is 0.900. The summed E-state index contributed by atoms with van der Waals surface area (Å²) in [4.78, 5) is 9.58. The minimum Gasteiger partial charge on any atom is -0.497 e. The van der Waals surface area contributed by atoms with Crippen LogP contribution in [0.25, 0.3) is 0 Å². The second-order valence-corrected chi connectivity index (χ2v) is 4.37. The highest BCUT2D eigenvalue weighted by molar-refractivity contribution is 7.99. The Hall–Kier alpha value is -1.75. The van der Waals surface area contributed by atoms with Crippen molar-refractivity contribution in [1.29, 1.82) is 0 Å². The van der Waals surface area contributed by atoms with Crippen molar-refractivity contribution in [2.75, 3.05) is 19.5 Å². The van der Waals surface area contributed by atoms with Gasteiger partial charge in [-0.2, -0.15) is 0 Å². The van der Waals surface area contributed by atoms with Gasteiger partial charge in [-0.1, -0.05) is 17.8 Å². The molecule has 2 aromatic rings. The zero-order valence-electron chi connectivity index (χ0n) is 9.68. The van der Waals surface area contributed by atoms with Crippen molar-refractivity contribution in [3.8, 4) is 5.75 Å². The molecule has 4 nitrogen and oxygen atoms in total. The van der Waals surface area contributed by atoms with Crippen LogP contribution in [0.4, 0.5) is 5.82 Å². The van der Waals surface area contributed by atoms with Gasteiger partial charge in [-0.15, -0.1) is 0 Å².